The topological polar surface area (TPSA) is 46.5 Å². The molecule has 0 aromatic rings. The number of carbonyl (C=O) groups is 2. The first-order valence-electron chi connectivity index (χ1n) is 5.19. The second-order valence-corrected chi connectivity index (χ2v) is 3.32. The second-order valence-electron chi connectivity index (χ2n) is 3.32. The van der Waals surface area contributed by atoms with E-state index in [4.69, 9.17) is 0 Å². The number of ketones is 1. The van der Waals surface area contributed by atoms with E-state index in [2.05, 4.69) is 4.99 Å². The van der Waals surface area contributed by atoms with Gasteiger partial charge >= 0.3 is 0 Å². The highest BCUT2D eigenvalue weighted by molar-refractivity contribution is 6.40. The Kier molecular flexibility index (Phi) is 6.00. The molecule has 3 heteroatoms. The largest absolute Gasteiger partial charge is 0.293 e. The van der Waals surface area contributed by atoms with Crippen LogP contribution >= 0.6 is 0 Å². The molecule has 0 N–H and O–H groups in total. The summed E-state index contributed by atoms with van der Waals surface area (Å²) < 4.78 is 0. The van der Waals surface area contributed by atoms with Crippen LogP contribution in [0.15, 0.2) is 4.99 Å². The maximum Gasteiger partial charge on any atom is 0.249 e. The van der Waals surface area contributed by atoms with Crippen molar-refractivity contribution in [1.29, 1.82) is 0 Å². The van der Waals surface area contributed by atoms with E-state index in [0.29, 0.717) is 12.1 Å². The summed E-state index contributed by atoms with van der Waals surface area (Å²) in [5, 5.41) is 0. The molecule has 14 heavy (non-hydrogen) atoms. The number of hydrogen-bond donors (Lipinski definition) is 0. The van der Waals surface area contributed by atoms with Gasteiger partial charge < -0.3 is 0 Å². The molecule has 0 heterocycles. The first-order chi connectivity index (χ1) is 6.56. The van der Waals surface area contributed by atoms with Crippen LogP contribution in [0.3, 0.4) is 0 Å². The Morgan fingerprint density at radius 1 is 1.14 bits per heavy atom. The highest BCUT2D eigenvalue weighted by Gasteiger charge is 2.14. The van der Waals surface area contributed by atoms with Crippen LogP contribution in [0.5, 0.6) is 0 Å². The summed E-state index contributed by atoms with van der Waals surface area (Å²) in [6, 6.07) is 0. The van der Waals surface area contributed by atoms with Crippen molar-refractivity contribution in [2.75, 3.05) is 0 Å². The van der Waals surface area contributed by atoms with E-state index in [-0.39, 0.29) is 17.6 Å². The molecular formula is C11H19NO2. The highest BCUT2D eigenvalue weighted by atomic mass is 16.2. The van der Waals surface area contributed by atoms with Crippen LogP contribution in [-0.2, 0) is 9.59 Å². The monoisotopic (exact) mass is 197 g/mol. The molecule has 0 fully saturated rings. The van der Waals surface area contributed by atoms with Gasteiger partial charge in [0.25, 0.3) is 0 Å². The molecule has 0 saturated carbocycles. The van der Waals surface area contributed by atoms with Gasteiger partial charge in [-0.2, -0.15) is 0 Å². The van der Waals surface area contributed by atoms with E-state index in [0.717, 1.165) is 12.8 Å². The van der Waals surface area contributed by atoms with Gasteiger partial charge in [0.2, 0.25) is 5.91 Å². The Balaban J connectivity index is 4.60. The van der Waals surface area contributed by atoms with Crippen LogP contribution in [0.1, 0.15) is 47.0 Å². The molecular weight excluding hydrogens is 178 g/mol. The molecule has 0 radical (unpaired) electrons. The molecule has 0 bridgehead atoms. The lowest BCUT2D eigenvalue weighted by molar-refractivity contribution is -0.122. The first kappa shape index (κ1) is 13.0. The van der Waals surface area contributed by atoms with Gasteiger partial charge in [0, 0.05) is 12.8 Å². The van der Waals surface area contributed by atoms with Gasteiger partial charge in [-0.25, -0.2) is 4.99 Å². The molecule has 0 aliphatic rings. The molecule has 0 spiro atoms. The Hall–Kier alpha value is -0.990. The zero-order valence-electron chi connectivity index (χ0n) is 9.46. The van der Waals surface area contributed by atoms with E-state index >= 15 is 0 Å². The quantitative estimate of drug-likeness (QED) is 0.635. The molecule has 0 aromatic carbocycles. The second kappa shape index (κ2) is 6.46. The normalized spacial score (nSPS) is 11.9. The van der Waals surface area contributed by atoms with Crippen molar-refractivity contribution < 1.29 is 9.59 Å². The summed E-state index contributed by atoms with van der Waals surface area (Å²) in [6.07, 6.45) is 2.10. The van der Waals surface area contributed by atoms with Crippen molar-refractivity contribution in [2.45, 2.75) is 47.0 Å². The highest BCUT2D eigenvalue weighted by Crippen LogP contribution is 2.10. The van der Waals surface area contributed by atoms with Crippen LogP contribution in [0.2, 0.25) is 0 Å². The zero-order valence-corrected chi connectivity index (χ0v) is 9.46. The van der Waals surface area contributed by atoms with E-state index < -0.39 is 0 Å². The van der Waals surface area contributed by atoms with Gasteiger partial charge in [-0.15, -0.1) is 0 Å². The summed E-state index contributed by atoms with van der Waals surface area (Å²) in [4.78, 5) is 26.4. The number of amides is 1. The van der Waals surface area contributed by atoms with Gasteiger partial charge in [0.15, 0.2) is 5.78 Å². The molecule has 0 aliphatic carbocycles. The molecule has 1 amide bonds. The zero-order chi connectivity index (χ0) is 11.1. The van der Waals surface area contributed by atoms with Gasteiger partial charge in [-0.1, -0.05) is 20.8 Å². The maximum absolute atomic E-state index is 11.5. The molecule has 0 unspecified atom stereocenters. The first-order valence-corrected chi connectivity index (χ1v) is 5.19. The Bertz CT molecular complexity index is 240. The Labute approximate surface area is 85.6 Å². The van der Waals surface area contributed by atoms with Gasteiger partial charge in [0.05, 0.1) is 5.71 Å². The standard InChI is InChI=1S/C11H19NO2/c1-5-9(6-2)11(14)12-10(7-3)8(4)13/h9H,5-7H2,1-4H3. The smallest absolute Gasteiger partial charge is 0.249 e. The number of hydrogen-bond acceptors (Lipinski definition) is 2. The molecule has 0 atom stereocenters. The fourth-order valence-corrected chi connectivity index (χ4v) is 1.27. The van der Waals surface area contributed by atoms with Crippen molar-refractivity contribution in [3.05, 3.63) is 0 Å². The third-order valence-corrected chi connectivity index (χ3v) is 2.32. The van der Waals surface area contributed by atoms with Crippen molar-refractivity contribution in [1.82, 2.24) is 0 Å². The van der Waals surface area contributed by atoms with Crippen LogP contribution < -0.4 is 0 Å². The lowest BCUT2D eigenvalue weighted by Crippen LogP contribution is -2.16. The van der Waals surface area contributed by atoms with Crippen LogP contribution in [0.25, 0.3) is 0 Å². The SMILES string of the molecule is CCC(=NC(=O)C(CC)CC)C(C)=O. The lowest BCUT2D eigenvalue weighted by atomic mass is 10.0. The van der Waals surface area contributed by atoms with E-state index in [1.54, 1.807) is 0 Å². The summed E-state index contributed by atoms with van der Waals surface area (Å²) in [6.45, 7) is 7.20. The molecule has 80 valence electrons. The van der Waals surface area contributed by atoms with Crippen molar-refractivity contribution in [3.63, 3.8) is 0 Å². The third-order valence-electron chi connectivity index (χ3n) is 2.32. The van der Waals surface area contributed by atoms with Crippen molar-refractivity contribution in [3.8, 4) is 0 Å². The number of rotatable bonds is 5. The third kappa shape index (κ3) is 3.81. The molecule has 0 aromatic heterocycles. The number of nitrogens with zero attached hydrogens (tertiary/aromatic N) is 1. The van der Waals surface area contributed by atoms with Crippen LogP contribution in [0.4, 0.5) is 0 Å². The Morgan fingerprint density at radius 2 is 1.64 bits per heavy atom. The van der Waals surface area contributed by atoms with Gasteiger partial charge in [0.1, 0.15) is 0 Å². The number of carbonyl (C=O) groups excluding carboxylic acids is 2. The molecule has 0 saturated heterocycles. The molecule has 3 nitrogen and oxygen atoms in total. The van der Waals surface area contributed by atoms with Crippen LogP contribution in [0, 0.1) is 5.92 Å². The summed E-state index contributed by atoms with van der Waals surface area (Å²) in [7, 11) is 0. The van der Waals surface area contributed by atoms with Crippen molar-refractivity contribution >= 4 is 17.4 Å². The van der Waals surface area contributed by atoms with Crippen LogP contribution in [-0.4, -0.2) is 17.4 Å². The summed E-state index contributed by atoms with van der Waals surface area (Å²) >= 11 is 0. The predicted molar refractivity (Wildman–Crippen MR) is 57.5 cm³/mol. The minimum atomic E-state index is -0.151. The fraction of sp³-hybridized carbons (Fsp3) is 0.727. The van der Waals surface area contributed by atoms with Gasteiger partial charge in [-0.05, 0) is 19.3 Å². The molecule has 0 rings (SSSR count). The number of Topliss-reactive ketones (excluding diaryl/α,β-unsaturated/α-hetero) is 1. The lowest BCUT2D eigenvalue weighted by Gasteiger charge is -2.07. The minimum absolute atomic E-state index is 0.0316. The van der Waals surface area contributed by atoms with Crippen molar-refractivity contribution in [2.24, 2.45) is 10.9 Å². The maximum atomic E-state index is 11.5. The molecule has 0 aliphatic heterocycles. The van der Waals surface area contributed by atoms with E-state index in [1.165, 1.54) is 6.92 Å². The minimum Gasteiger partial charge on any atom is -0.293 e. The predicted octanol–water partition coefficient (Wildman–Crippen LogP) is 2.39. The number of aliphatic imine (C=N–C) groups is 1. The Morgan fingerprint density at radius 3 is 1.93 bits per heavy atom. The average Bonchev–Trinajstić information content (AvgIpc) is 2.15. The van der Waals surface area contributed by atoms with E-state index in [1.807, 2.05) is 20.8 Å². The van der Waals surface area contributed by atoms with Gasteiger partial charge in [-0.3, -0.25) is 9.59 Å². The average molecular weight is 197 g/mol. The van der Waals surface area contributed by atoms with E-state index in [9.17, 15) is 9.59 Å². The summed E-state index contributed by atoms with van der Waals surface area (Å²) in [5.74, 6) is -0.287. The summed E-state index contributed by atoms with van der Waals surface area (Å²) in [5.41, 5.74) is 0.391. The fourth-order valence-electron chi connectivity index (χ4n) is 1.27.